The van der Waals surface area contributed by atoms with Gasteiger partial charge in [0, 0.05) is 31.5 Å². The van der Waals surface area contributed by atoms with Crippen molar-refractivity contribution in [2.75, 3.05) is 13.2 Å². The first-order chi connectivity index (χ1) is 15.2. The molecule has 0 radical (unpaired) electrons. The van der Waals surface area contributed by atoms with Crippen molar-refractivity contribution in [3.63, 3.8) is 0 Å². The van der Waals surface area contributed by atoms with Crippen molar-refractivity contribution in [2.45, 2.75) is 64.0 Å². The lowest BCUT2D eigenvalue weighted by Crippen LogP contribution is -2.27. The quantitative estimate of drug-likeness (QED) is 0.464. The molecular formula is C26H31N3O2. The number of hydrogen-bond donors (Lipinski definition) is 0. The number of imidazole rings is 1. The number of fused-ring (bicyclic) bond motifs is 1. The molecule has 2 fully saturated rings. The number of likely N-dealkylation sites (tertiary alicyclic amines) is 1. The number of carbonyl (C=O) groups excluding carboxylic acids is 1. The summed E-state index contributed by atoms with van der Waals surface area (Å²) in [7, 11) is 0. The molecule has 162 valence electrons. The van der Waals surface area contributed by atoms with Gasteiger partial charge in [0.1, 0.15) is 11.6 Å². The van der Waals surface area contributed by atoms with E-state index in [0.717, 1.165) is 62.3 Å². The molecule has 2 aromatic carbocycles. The molecule has 5 heteroatoms. The van der Waals surface area contributed by atoms with Crippen molar-refractivity contribution >= 4 is 16.9 Å². The Bertz CT molecular complexity index is 1050. The number of carbonyl (C=O) groups is 1. The minimum Gasteiger partial charge on any atom is -0.494 e. The first kappa shape index (κ1) is 20.1. The SMILES string of the molecule is CCc1ccc(OCCCCn2c(C3CC(=O)N(C4CC4)C3)nc3ccccc32)cc1. The molecule has 1 saturated heterocycles. The lowest BCUT2D eigenvalue weighted by atomic mass is 10.1. The molecular weight excluding hydrogens is 386 g/mol. The molecule has 2 aliphatic rings. The molecule has 3 aromatic rings. The van der Waals surface area contributed by atoms with E-state index in [1.807, 2.05) is 6.07 Å². The molecule has 1 aliphatic carbocycles. The Morgan fingerprint density at radius 3 is 2.65 bits per heavy atom. The lowest BCUT2D eigenvalue weighted by molar-refractivity contribution is -0.128. The van der Waals surface area contributed by atoms with Crippen molar-refractivity contribution in [3.05, 3.63) is 59.9 Å². The van der Waals surface area contributed by atoms with Crippen LogP contribution in [-0.4, -0.2) is 39.6 Å². The second-order valence-electron chi connectivity index (χ2n) is 8.84. The second kappa shape index (κ2) is 8.74. The van der Waals surface area contributed by atoms with Gasteiger partial charge in [0.15, 0.2) is 0 Å². The van der Waals surface area contributed by atoms with Crippen molar-refractivity contribution in [3.8, 4) is 5.75 Å². The average molecular weight is 418 g/mol. The maximum atomic E-state index is 12.5. The van der Waals surface area contributed by atoms with Gasteiger partial charge in [-0.15, -0.1) is 0 Å². The maximum Gasteiger partial charge on any atom is 0.223 e. The van der Waals surface area contributed by atoms with Crippen LogP contribution in [0.5, 0.6) is 5.75 Å². The number of benzene rings is 2. The number of aromatic nitrogens is 2. The van der Waals surface area contributed by atoms with Gasteiger partial charge in [-0.25, -0.2) is 4.98 Å². The van der Waals surface area contributed by atoms with E-state index < -0.39 is 0 Å². The molecule has 1 saturated carbocycles. The Hall–Kier alpha value is -2.82. The van der Waals surface area contributed by atoms with Gasteiger partial charge in [-0.1, -0.05) is 31.2 Å². The van der Waals surface area contributed by atoms with Gasteiger partial charge in [0.05, 0.1) is 17.6 Å². The van der Waals surface area contributed by atoms with Crippen molar-refractivity contribution in [1.82, 2.24) is 14.5 Å². The highest BCUT2D eigenvalue weighted by molar-refractivity contribution is 5.81. The smallest absolute Gasteiger partial charge is 0.223 e. The van der Waals surface area contributed by atoms with Crippen LogP contribution in [0.15, 0.2) is 48.5 Å². The predicted molar refractivity (Wildman–Crippen MR) is 122 cm³/mol. The summed E-state index contributed by atoms with van der Waals surface area (Å²) in [5.41, 5.74) is 3.53. The summed E-state index contributed by atoms with van der Waals surface area (Å²) in [4.78, 5) is 19.6. The Morgan fingerprint density at radius 1 is 1.06 bits per heavy atom. The summed E-state index contributed by atoms with van der Waals surface area (Å²) in [6, 6.07) is 17.2. The zero-order valence-corrected chi connectivity index (χ0v) is 18.3. The number of aryl methyl sites for hydroxylation is 2. The largest absolute Gasteiger partial charge is 0.494 e. The van der Waals surface area contributed by atoms with Crippen LogP contribution >= 0.6 is 0 Å². The Kier molecular flexibility index (Phi) is 5.66. The highest BCUT2D eigenvalue weighted by Crippen LogP contribution is 2.37. The topological polar surface area (TPSA) is 47.4 Å². The van der Waals surface area contributed by atoms with Gasteiger partial charge in [-0.2, -0.15) is 0 Å². The Morgan fingerprint density at radius 2 is 1.87 bits per heavy atom. The maximum absolute atomic E-state index is 12.5. The highest BCUT2D eigenvalue weighted by atomic mass is 16.5. The molecule has 1 aromatic heterocycles. The summed E-state index contributed by atoms with van der Waals surface area (Å²) in [6.07, 6.45) is 5.97. The second-order valence-corrected chi connectivity index (χ2v) is 8.84. The molecule has 0 spiro atoms. The summed E-state index contributed by atoms with van der Waals surface area (Å²) >= 11 is 0. The third-order valence-electron chi connectivity index (χ3n) is 6.57. The van der Waals surface area contributed by atoms with Crippen LogP contribution in [0.4, 0.5) is 0 Å². The van der Waals surface area contributed by atoms with E-state index >= 15 is 0 Å². The number of rotatable bonds is 9. The van der Waals surface area contributed by atoms with Crippen LogP contribution < -0.4 is 4.74 Å². The van der Waals surface area contributed by atoms with Crippen molar-refractivity contribution in [1.29, 1.82) is 0 Å². The van der Waals surface area contributed by atoms with E-state index in [2.05, 4.69) is 58.9 Å². The number of nitrogens with zero attached hydrogens (tertiary/aromatic N) is 3. The van der Waals surface area contributed by atoms with E-state index in [1.54, 1.807) is 0 Å². The minimum atomic E-state index is 0.203. The van der Waals surface area contributed by atoms with Crippen LogP contribution in [0.2, 0.25) is 0 Å². The summed E-state index contributed by atoms with van der Waals surface area (Å²) in [5.74, 6) is 2.52. The van der Waals surface area contributed by atoms with Crippen LogP contribution in [0.1, 0.15) is 56.3 Å². The normalized spacial score (nSPS) is 18.8. The minimum absolute atomic E-state index is 0.203. The van der Waals surface area contributed by atoms with Crippen LogP contribution in [0, 0.1) is 0 Å². The van der Waals surface area contributed by atoms with E-state index in [0.29, 0.717) is 25.0 Å². The van der Waals surface area contributed by atoms with Crippen LogP contribution in [0.25, 0.3) is 11.0 Å². The molecule has 2 heterocycles. The monoisotopic (exact) mass is 417 g/mol. The molecule has 1 aliphatic heterocycles. The summed E-state index contributed by atoms with van der Waals surface area (Å²) in [5, 5.41) is 0. The van der Waals surface area contributed by atoms with Gasteiger partial charge >= 0.3 is 0 Å². The first-order valence-electron chi connectivity index (χ1n) is 11.7. The Balaban J connectivity index is 1.23. The van der Waals surface area contributed by atoms with Gasteiger partial charge in [-0.05, 0) is 61.9 Å². The number of hydrogen-bond acceptors (Lipinski definition) is 3. The van der Waals surface area contributed by atoms with E-state index in [9.17, 15) is 4.79 Å². The third-order valence-corrected chi connectivity index (χ3v) is 6.57. The number of ether oxygens (including phenoxy) is 1. The van der Waals surface area contributed by atoms with Gasteiger partial charge in [0.25, 0.3) is 0 Å². The molecule has 31 heavy (non-hydrogen) atoms. The number of unbranched alkanes of at least 4 members (excludes halogenated alkanes) is 1. The lowest BCUT2D eigenvalue weighted by Gasteiger charge is -2.16. The van der Waals surface area contributed by atoms with E-state index in [-0.39, 0.29) is 5.92 Å². The van der Waals surface area contributed by atoms with Crippen molar-refractivity contribution in [2.24, 2.45) is 0 Å². The van der Waals surface area contributed by atoms with Gasteiger partial charge in [-0.3, -0.25) is 4.79 Å². The fourth-order valence-electron chi connectivity index (χ4n) is 4.67. The predicted octanol–water partition coefficient (Wildman–Crippen LogP) is 4.94. The van der Waals surface area contributed by atoms with E-state index in [4.69, 9.17) is 9.72 Å². The van der Waals surface area contributed by atoms with Crippen molar-refractivity contribution < 1.29 is 9.53 Å². The zero-order chi connectivity index (χ0) is 21.2. The summed E-state index contributed by atoms with van der Waals surface area (Å²) in [6.45, 7) is 4.60. The van der Waals surface area contributed by atoms with Gasteiger partial charge < -0.3 is 14.2 Å². The molecule has 1 amide bonds. The average Bonchev–Trinajstić information content (AvgIpc) is 3.47. The molecule has 1 unspecified atom stereocenters. The first-order valence-corrected chi connectivity index (χ1v) is 11.7. The van der Waals surface area contributed by atoms with E-state index in [1.165, 1.54) is 11.1 Å². The molecule has 1 atom stereocenters. The zero-order valence-electron chi connectivity index (χ0n) is 18.3. The van der Waals surface area contributed by atoms with Gasteiger partial charge in [0.2, 0.25) is 5.91 Å². The standard InChI is InChI=1S/C26H31N3O2/c1-2-19-9-13-22(14-10-19)31-16-6-5-15-28-24-8-4-3-7-23(24)27-26(28)20-17-25(30)29(18-20)21-11-12-21/h3-4,7-10,13-14,20-21H,2,5-6,11-12,15-18H2,1H3. The fraction of sp³-hybridized carbons (Fsp3) is 0.462. The third kappa shape index (κ3) is 4.32. The summed E-state index contributed by atoms with van der Waals surface area (Å²) < 4.78 is 8.27. The number of amides is 1. The molecule has 0 N–H and O–H groups in total. The molecule has 0 bridgehead atoms. The molecule has 5 nitrogen and oxygen atoms in total. The highest BCUT2D eigenvalue weighted by Gasteiger charge is 2.41. The number of para-hydroxylation sites is 2. The van der Waals surface area contributed by atoms with Crippen LogP contribution in [-0.2, 0) is 17.8 Å². The van der Waals surface area contributed by atoms with Crippen LogP contribution in [0.3, 0.4) is 0 Å². The molecule has 5 rings (SSSR count). The fourth-order valence-corrected chi connectivity index (χ4v) is 4.67. The Labute approximate surface area is 184 Å².